The van der Waals surface area contributed by atoms with Gasteiger partial charge in [0.1, 0.15) is 0 Å². The summed E-state index contributed by atoms with van der Waals surface area (Å²) in [6.45, 7) is 44.3. The van der Waals surface area contributed by atoms with Crippen LogP contribution in [0.5, 0.6) is 0 Å². The molecule has 0 aliphatic rings. The van der Waals surface area contributed by atoms with Crippen LogP contribution in [0.2, 0.25) is 0 Å². The molecule has 18 nitrogen and oxygen atoms in total. The summed E-state index contributed by atoms with van der Waals surface area (Å²) in [7, 11) is 0. The zero-order chi connectivity index (χ0) is 62.1. The normalized spacial score (nSPS) is 13.1. The van der Waals surface area contributed by atoms with Crippen LogP contribution in [-0.4, -0.2) is 217 Å². The van der Waals surface area contributed by atoms with E-state index in [9.17, 15) is 0 Å². The van der Waals surface area contributed by atoms with Crippen molar-refractivity contribution in [3.05, 3.63) is 0 Å². The van der Waals surface area contributed by atoms with Crippen LogP contribution < -0.4 is 0 Å². The summed E-state index contributed by atoms with van der Waals surface area (Å²) in [6, 6.07) is 0. The quantitative estimate of drug-likeness (QED) is 0.0416. The second-order valence-corrected chi connectivity index (χ2v) is 20.4. The highest BCUT2D eigenvalue weighted by atomic mass is 16.7. The van der Waals surface area contributed by atoms with Crippen molar-refractivity contribution in [2.75, 3.05) is 198 Å². The smallest absolute Gasteiger partial charge is 0.160 e. The molecule has 0 rings (SSSR count). The van der Waals surface area contributed by atoms with Crippen LogP contribution in [0, 0.1) is 17.8 Å². The number of hydrogen-bond donors (Lipinski definition) is 0. The summed E-state index contributed by atoms with van der Waals surface area (Å²) >= 11 is 0. The molecule has 0 saturated carbocycles. The highest BCUT2D eigenvalue weighted by Crippen LogP contribution is 2.23. The van der Waals surface area contributed by atoms with Crippen molar-refractivity contribution in [2.45, 2.75) is 218 Å². The van der Waals surface area contributed by atoms with E-state index in [1.54, 1.807) is 0 Å². The van der Waals surface area contributed by atoms with Crippen LogP contribution >= 0.6 is 0 Å². The molecule has 0 saturated heterocycles. The van der Waals surface area contributed by atoms with E-state index in [2.05, 4.69) is 62.3 Å². The first-order valence-corrected chi connectivity index (χ1v) is 34.0. The maximum absolute atomic E-state index is 6.04. The van der Waals surface area contributed by atoms with Gasteiger partial charge in [-0.2, -0.15) is 0 Å². The van der Waals surface area contributed by atoms with E-state index >= 15 is 0 Å². The molecule has 0 spiro atoms. The van der Waals surface area contributed by atoms with Crippen LogP contribution in [0.15, 0.2) is 0 Å². The van der Waals surface area contributed by atoms with Crippen molar-refractivity contribution in [1.29, 1.82) is 0 Å². The SMILES string of the molecule is CCCCC(CC)C(OCCOCCOCC)OCCOCCOCC.CCCCOCCOCCOC(OCCOCCOCC)C(CC)CCCC.CCCCOCCOCCOC(OCCOCCOCCCC)C(CC)CCCC. The average molecular weight is 1220 g/mol. The van der Waals surface area contributed by atoms with Gasteiger partial charge in [-0.05, 0) is 78.6 Å². The van der Waals surface area contributed by atoms with E-state index in [0.29, 0.717) is 176 Å². The lowest BCUT2D eigenvalue weighted by Crippen LogP contribution is -2.30. The monoisotopic (exact) mass is 1220 g/mol. The van der Waals surface area contributed by atoms with Gasteiger partial charge < -0.3 is 85.3 Å². The maximum Gasteiger partial charge on any atom is 0.160 e. The van der Waals surface area contributed by atoms with Crippen molar-refractivity contribution in [2.24, 2.45) is 17.8 Å². The minimum atomic E-state index is -0.199. The van der Waals surface area contributed by atoms with Crippen molar-refractivity contribution >= 4 is 0 Å². The minimum absolute atomic E-state index is 0.197. The van der Waals surface area contributed by atoms with Gasteiger partial charge in [0, 0.05) is 57.4 Å². The topological polar surface area (TPSA) is 166 Å². The molecule has 0 aliphatic heterocycles. The Labute approximate surface area is 517 Å². The molecule has 0 amide bonds. The summed E-state index contributed by atoms with van der Waals surface area (Å²) in [6.07, 6.45) is 19.8. The maximum atomic E-state index is 6.04. The molecule has 0 bridgehead atoms. The molecule has 0 radical (unpaired) electrons. The molecule has 0 heterocycles. The van der Waals surface area contributed by atoms with Gasteiger partial charge >= 0.3 is 0 Å². The Balaban J connectivity index is -0.00000117. The van der Waals surface area contributed by atoms with E-state index in [-0.39, 0.29) is 18.9 Å². The van der Waals surface area contributed by atoms with Crippen molar-refractivity contribution in [3.8, 4) is 0 Å². The van der Waals surface area contributed by atoms with Crippen molar-refractivity contribution in [3.63, 3.8) is 0 Å². The van der Waals surface area contributed by atoms with Crippen LogP contribution in [0.25, 0.3) is 0 Å². The molecule has 84 heavy (non-hydrogen) atoms. The van der Waals surface area contributed by atoms with Crippen LogP contribution in [0.4, 0.5) is 0 Å². The first kappa shape index (κ1) is 87.5. The lowest BCUT2D eigenvalue weighted by atomic mass is 9.99. The van der Waals surface area contributed by atoms with Gasteiger partial charge in [0.2, 0.25) is 0 Å². The fourth-order valence-corrected chi connectivity index (χ4v) is 8.09. The third kappa shape index (κ3) is 65.7. The molecule has 0 aliphatic carbocycles. The van der Waals surface area contributed by atoms with Crippen LogP contribution in [0.3, 0.4) is 0 Å². The van der Waals surface area contributed by atoms with Gasteiger partial charge in [-0.3, -0.25) is 0 Å². The Kier molecular flexibility index (Phi) is 81.6. The summed E-state index contributed by atoms with van der Waals surface area (Å²) in [5.41, 5.74) is 0. The highest BCUT2D eigenvalue weighted by Gasteiger charge is 2.23. The summed E-state index contributed by atoms with van der Waals surface area (Å²) in [5, 5.41) is 0. The predicted octanol–water partition coefficient (Wildman–Crippen LogP) is 13.3. The van der Waals surface area contributed by atoms with Crippen LogP contribution in [0.1, 0.15) is 199 Å². The molecule has 0 aromatic heterocycles. The van der Waals surface area contributed by atoms with E-state index in [0.717, 1.165) is 117 Å². The number of rotatable bonds is 69. The third-order valence-electron chi connectivity index (χ3n) is 13.3. The fraction of sp³-hybridized carbons (Fsp3) is 1.00. The molecule has 510 valence electrons. The second-order valence-electron chi connectivity index (χ2n) is 20.4. The van der Waals surface area contributed by atoms with Crippen LogP contribution in [-0.2, 0) is 85.3 Å². The lowest BCUT2D eigenvalue weighted by molar-refractivity contribution is -0.187. The van der Waals surface area contributed by atoms with Gasteiger partial charge in [-0.25, -0.2) is 0 Å². The first-order chi connectivity index (χ1) is 41.4. The first-order valence-electron chi connectivity index (χ1n) is 34.0. The van der Waals surface area contributed by atoms with Crippen molar-refractivity contribution in [1.82, 2.24) is 0 Å². The standard InChI is InChI=1S/C24H50O6.C22H46O6.C20H42O6/c1-5-9-12-23(8-4)24(29-21-19-27-17-15-25-13-10-6-2)30-22-20-28-18-16-26-14-11-7-3;1-5-9-11-21(7-3)22(27-19-17-25-14-13-23-8-4)28-20-18-26-16-15-24-12-10-6-2;1-5-9-10-19(6-2)20(25-17-15-23-13-11-21-7-3)26-18-16-24-14-12-22-8-4/h23-24H,5-22H2,1-4H3;21-22H,5-20H2,1-4H3;19-20H,5-18H2,1-4H3. The predicted molar refractivity (Wildman–Crippen MR) is 339 cm³/mol. The molecule has 18 heteroatoms. The Morgan fingerprint density at radius 2 is 0.345 bits per heavy atom. The van der Waals surface area contributed by atoms with Gasteiger partial charge in [0.15, 0.2) is 18.9 Å². The Morgan fingerprint density at radius 1 is 0.179 bits per heavy atom. The summed E-state index contributed by atoms with van der Waals surface area (Å²) < 4.78 is 102. The van der Waals surface area contributed by atoms with E-state index < -0.39 is 0 Å². The number of unbranched alkanes of at least 4 members (excludes halogenated alkanes) is 6. The Morgan fingerprint density at radius 3 is 0.512 bits per heavy atom. The molecule has 0 aromatic carbocycles. The number of ether oxygens (including phenoxy) is 18. The van der Waals surface area contributed by atoms with E-state index in [1.807, 2.05) is 20.8 Å². The number of hydrogen-bond acceptors (Lipinski definition) is 18. The molecular formula is C66H138O18. The molecule has 0 N–H and O–H groups in total. The zero-order valence-electron chi connectivity index (χ0n) is 56.8. The van der Waals surface area contributed by atoms with E-state index in [1.165, 1.54) is 38.5 Å². The van der Waals surface area contributed by atoms with Gasteiger partial charge in [-0.1, -0.05) is 120 Å². The summed E-state index contributed by atoms with van der Waals surface area (Å²) in [5.74, 6) is 1.21. The molecule has 0 fully saturated rings. The van der Waals surface area contributed by atoms with Gasteiger partial charge in [0.05, 0.1) is 159 Å². The molecular weight excluding hydrogens is 1080 g/mol. The average Bonchev–Trinajstić information content (AvgIpc) is 3.57. The van der Waals surface area contributed by atoms with Crippen molar-refractivity contribution < 1.29 is 85.3 Å². The van der Waals surface area contributed by atoms with Gasteiger partial charge in [-0.15, -0.1) is 0 Å². The summed E-state index contributed by atoms with van der Waals surface area (Å²) in [4.78, 5) is 0. The molecule has 0 aromatic rings. The lowest BCUT2D eigenvalue weighted by Gasteiger charge is -2.26. The Hall–Kier alpha value is -0.720. The zero-order valence-corrected chi connectivity index (χ0v) is 56.8. The second kappa shape index (κ2) is 78.4. The Bertz CT molecular complexity index is 1100. The third-order valence-corrected chi connectivity index (χ3v) is 13.3. The molecule has 4 atom stereocenters. The minimum Gasteiger partial charge on any atom is -0.379 e. The molecule has 4 unspecified atom stereocenters. The van der Waals surface area contributed by atoms with Gasteiger partial charge in [0.25, 0.3) is 0 Å². The van der Waals surface area contributed by atoms with E-state index in [4.69, 9.17) is 85.3 Å². The largest absolute Gasteiger partial charge is 0.379 e. The fourth-order valence-electron chi connectivity index (χ4n) is 8.09. The highest BCUT2D eigenvalue weighted by molar-refractivity contribution is 4.65.